The molecular weight excluding hydrogens is 444 g/mol. The highest BCUT2D eigenvalue weighted by molar-refractivity contribution is 5.96. The molecule has 1 saturated carbocycles. The first-order chi connectivity index (χ1) is 16.6. The molecule has 1 aliphatic carbocycles. The Bertz CT molecular complexity index is 882. The monoisotopic (exact) mass is 484 g/mol. The van der Waals surface area contributed by atoms with Gasteiger partial charge in [0.25, 0.3) is 5.91 Å². The Labute approximate surface area is 209 Å². The van der Waals surface area contributed by atoms with Crippen molar-refractivity contribution in [2.24, 2.45) is 11.8 Å². The van der Waals surface area contributed by atoms with Crippen LogP contribution in [0.1, 0.15) is 71.8 Å². The third kappa shape index (κ3) is 9.68. The Morgan fingerprint density at radius 1 is 1.14 bits per heavy atom. The molecule has 0 aliphatic heterocycles. The first-order valence-electron chi connectivity index (χ1n) is 12.4. The van der Waals surface area contributed by atoms with Crippen LogP contribution in [0.5, 0.6) is 0 Å². The highest BCUT2D eigenvalue weighted by atomic mass is 16.7. The molecule has 2 amide bonds. The second-order valence-corrected chi connectivity index (χ2v) is 9.91. The molecule has 0 saturated heterocycles. The Morgan fingerprint density at radius 3 is 2.37 bits per heavy atom. The van der Waals surface area contributed by atoms with Crippen molar-refractivity contribution in [1.82, 2.24) is 10.4 Å². The maximum atomic E-state index is 13.5. The minimum Gasteiger partial charge on any atom is -0.444 e. The van der Waals surface area contributed by atoms with Crippen LogP contribution < -0.4 is 5.32 Å². The molecule has 0 spiro atoms. The molecule has 1 aliphatic rings. The van der Waals surface area contributed by atoms with Crippen molar-refractivity contribution in [2.75, 3.05) is 6.54 Å². The molecule has 192 valence electrons. The number of allylic oxidation sites excluding steroid dienone is 2. The molecule has 35 heavy (non-hydrogen) atoms. The van der Waals surface area contributed by atoms with Crippen LogP contribution in [0.4, 0.5) is 4.79 Å². The number of nitrogens with zero attached hydrogens (tertiary/aromatic N) is 1. The van der Waals surface area contributed by atoms with Gasteiger partial charge in [-0.15, -0.1) is 6.58 Å². The van der Waals surface area contributed by atoms with Gasteiger partial charge in [-0.25, -0.2) is 9.86 Å². The third-order valence-electron chi connectivity index (χ3n) is 5.86. The summed E-state index contributed by atoms with van der Waals surface area (Å²) in [6.07, 6.45) is 7.93. The van der Waals surface area contributed by atoms with E-state index in [2.05, 4.69) is 11.9 Å². The minimum atomic E-state index is -0.733. The first kappa shape index (κ1) is 28.3. The van der Waals surface area contributed by atoms with Gasteiger partial charge >= 0.3 is 6.09 Å². The van der Waals surface area contributed by atoms with Gasteiger partial charge in [0.15, 0.2) is 0 Å². The van der Waals surface area contributed by atoms with Crippen LogP contribution >= 0.6 is 0 Å². The number of alkyl carbamates (subject to hydrolysis) is 1. The SMILES string of the molecule is C=CCC(CN(OCc1ccccc1)C(=O)/C(=C\C)NC(=O)OC(C)(C)C)C(=O)C1CCCCC1. The van der Waals surface area contributed by atoms with Gasteiger partial charge in [-0.1, -0.05) is 61.7 Å². The van der Waals surface area contributed by atoms with Crippen molar-refractivity contribution in [3.63, 3.8) is 0 Å². The lowest BCUT2D eigenvalue weighted by Gasteiger charge is -2.30. The number of Topliss-reactive ketones (excluding diaryl/α,β-unsaturated/α-hetero) is 1. The molecular formula is C28H40N2O5. The summed E-state index contributed by atoms with van der Waals surface area (Å²) in [5.74, 6) is -0.830. The van der Waals surface area contributed by atoms with Crippen LogP contribution in [0, 0.1) is 11.8 Å². The Morgan fingerprint density at radius 2 is 1.80 bits per heavy atom. The molecule has 7 nitrogen and oxygen atoms in total. The van der Waals surface area contributed by atoms with Crippen molar-refractivity contribution in [3.05, 3.63) is 60.3 Å². The average Bonchev–Trinajstić information content (AvgIpc) is 2.83. The van der Waals surface area contributed by atoms with Crippen LogP contribution in [0.2, 0.25) is 0 Å². The standard InChI is InChI=1S/C28H40N2O5/c1-6-14-23(25(31)22-17-12-9-13-18-22)19-30(34-20-21-15-10-8-11-16-21)26(32)24(7-2)29-27(33)35-28(3,4)5/h6-8,10-11,15-16,22-23H,1,9,12-14,17-20H2,2-5H3,(H,29,33)/b24-7+. The van der Waals surface area contributed by atoms with Gasteiger partial charge in [-0.3, -0.25) is 19.7 Å². The maximum absolute atomic E-state index is 13.5. The van der Waals surface area contributed by atoms with E-state index in [9.17, 15) is 14.4 Å². The summed E-state index contributed by atoms with van der Waals surface area (Å²) in [5.41, 5.74) is 0.192. The van der Waals surface area contributed by atoms with E-state index in [0.717, 1.165) is 37.7 Å². The Hall–Kier alpha value is -2.93. The molecule has 7 heteroatoms. The van der Waals surface area contributed by atoms with Crippen molar-refractivity contribution >= 4 is 17.8 Å². The minimum absolute atomic E-state index is 0.000788. The third-order valence-corrected chi connectivity index (χ3v) is 5.86. The lowest BCUT2D eigenvalue weighted by molar-refractivity contribution is -0.192. The second-order valence-electron chi connectivity index (χ2n) is 9.91. The molecule has 1 atom stereocenters. The largest absolute Gasteiger partial charge is 0.444 e. The smallest absolute Gasteiger partial charge is 0.412 e. The number of carbonyl (C=O) groups excluding carboxylic acids is 3. The molecule has 0 aromatic heterocycles. The van der Waals surface area contributed by atoms with Crippen molar-refractivity contribution < 1.29 is 24.0 Å². The van der Waals surface area contributed by atoms with Gasteiger partial charge in [0.05, 0.1) is 6.54 Å². The normalized spacial score (nSPS) is 15.7. The highest BCUT2D eigenvalue weighted by Crippen LogP contribution is 2.28. The highest BCUT2D eigenvalue weighted by Gasteiger charge is 2.32. The summed E-state index contributed by atoms with van der Waals surface area (Å²) in [5, 5.41) is 3.71. The predicted octanol–water partition coefficient (Wildman–Crippen LogP) is 5.72. The van der Waals surface area contributed by atoms with Gasteiger partial charge in [0.1, 0.15) is 23.7 Å². The van der Waals surface area contributed by atoms with E-state index >= 15 is 0 Å². The molecule has 0 bridgehead atoms. The maximum Gasteiger partial charge on any atom is 0.412 e. The molecule has 1 aromatic rings. The van der Waals surface area contributed by atoms with E-state index in [1.165, 1.54) is 11.1 Å². The zero-order valence-electron chi connectivity index (χ0n) is 21.5. The zero-order valence-corrected chi connectivity index (χ0v) is 21.5. The Kier molecular flexibility index (Phi) is 11.2. The van der Waals surface area contributed by atoms with Gasteiger partial charge in [0, 0.05) is 11.8 Å². The summed E-state index contributed by atoms with van der Waals surface area (Å²) < 4.78 is 5.30. The average molecular weight is 485 g/mol. The van der Waals surface area contributed by atoms with Crippen molar-refractivity contribution in [3.8, 4) is 0 Å². The summed E-state index contributed by atoms with van der Waals surface area (Å²) in [6, 6.07) is 9.47. The molecule has 1 N–H and O–H groups in total. The molecule has 1 aromatic carbocycles. The molecule has 1 unspecified atom stereocenters. The number of hydrogen-bond acceptors (Lipinski definition) is 5. The number of hydrogen-bond donors (Lipinski definition) is 1. The first-order valence-corrected chi connectivity index (χ1v) is 12.4. The molecule has 0 radical (unpaired) electrons. The second kappa shape index (κ2) is 13.8. The number of carbonyl (C=O) groups is 3. The van der Waals surface area contributed by atoms with Crippen LogP contribution in [-0.2, 0) is 25.8 Å². The topological polar surface area (TPSA) is 84.9 Å². The van der Waals surface area contributed by atoms with E-state index in [1.54, 1.807) is 33.8 Å². The lowest BCUT2D eigenvalue weighted by Crippen LogP contribution is -2.44. The number of nitrogens with one attached hydrogen (secondary N) is 1. The van der Waals surface area contributed by atoms with Gasteiger partial charge in [0.2, 0.25) is 0 Å². The number of hydroxylamine groups is 2. The number of rotatable bonds is 11. The fraction of sp³-hybridized carbons (Fsp3) is 0.536. The van der Waals surface area contributed by atoms with Crippen molar-refractivity contribution in [2.45, 2.75) is 78.4 Å². The predicted molar refractivity (Wildman–Crippen MR) is 136 cm³/mol. The zero-order chi connectivity index (χ0) is 25.8. The fourth-order valence-electron chi connectivity index (χ4n) is 4.12. The number of benzene rings is 1. The summed E-state index contributed by atoms with van der Waals surface area (Å²) in [4.78, 5) is 45.1. The van der Waals surface area contributed by atoms with E-state index in [-0.39, 0.29) is 30.5 Å². The van der Waals surface area contributed by atoms with Crippen LogP contribution in [0.25, 0.3) is 0 Å². The molecule has 0 heterocycles. The number of ketones is 1. The summed E-state index contributed by atoms with van der Waals surface area (Å²) >= 11 is 0. The summed E-state index contributed by atoms with van der Waals surface area (Å²) in [6.45, 7) is 10.9. The molecule has 1 fully saturated rings. The fourth-order valence-corrected chi connectivity index (χ4v) is 4.12. The van der Waals surface area contributed by atoms with Gasteiger partial charge in [-0.05, 0) is 52.5 Å². The van der Waals surface area contributed by atoms with E-state index in [1.807, 2.05) is 30.3 Å². The van der Waals surface area contributed by atoms with Crippen molar-refractivity contribution in [1.29, 1.82) is 0 Å². The Balaban J connectivity index is 2.22. The van der Waals surface area contributed by atoms with E-state index in [4.69, 9.17) is 9.57 Å². The van der Waals surface area contributed by atoms with E-state index < -0.39 is 23.5 Å². The van der Waals surface area contributed by atoms with Gasteiger partial charge < -0.3 is 4.74 Å². The molecule has 2 rings (SSSR count). The van der Waals surface area contributed by atoms with Gasteiger partial charge in [-0.2, -0.15) is 0 Å². The quantitative estimate of drug-likeness (QED) is 0.247. The number of ether oxygens (including phenoxy) is 1. The lowest BCUT2D eigenvalue weighted by atomic mass is 9.80. The van der Waals surface area contributed by atoms with E-state index in [0.29, 0.717) is 6.42 Å². The van der Waals surface area contributed by atoms with Crippen LogP contribution in [0.3, 0.4) is 0 Å². The number of amides is 2. The van der Waals surface area contributed by atoms with Crippen LogP contribution in [-0.4, -0.2) is 35.0 Å². The summed E-state index contributed by atoms with van der Waals surface area (Å²) in [7, 11) is 0. The van der Waals surface area contributed by atoms with Crippen LogP contribution in [0.15, 0.2) is 54.8 Å².